The normalized spacial score (nSPS) is 15.0. The summed E-state index contributed by atoms with van der Waals surface area (Å²) in [5.74, 6) is 1.04. The number of anilines is 2. The van der Waals surface area contributed by atoms with E-state index in [4.69, 9.17) is 4.42 Å². The van der Waals surface area contributed by atoms with Gasteiger partial charge in [-0.3, -0.25) is 0 Å². The summed E-state index contributed by atoms with van der Waals surface area (Å²) >= 11 is 0. The molecule has 1 saturated heterocycles. The maximum absolute atomic E-state index is 13.2. The summed E-state index contributed by atoms with van der Waals surface area (Å²) < 4.78 is 20.4. The minimum Gasteiger partial charge on any atom is -0.423 e. The van der Waals surface area contributed by atoms with Crippen LogP contribution < -0.4 is 10.2 Å². The fourth-order valence-corrected chi connectivity index (χ4v) is 2.98. The molecule has 0 aliphatic carbocycles. The SMILES string of the molecule is Fc1ccc2nc(NCC3CN(c4ccc5nncn5n4)C3)oc2c1. The standard InChI is InChI=1S/C16H14FN7O/c17-11-1-2-12-13(5-11)25-16(20-12)18-6-10-7-23(8-10)15-4-3-14-21-19-9-24(14)22-15/h1-5,9-10H,6-8H2,(H,18,20). The van der Waals surface area contributed by atoms with Gasteiger partial charge in [0, 0.05) is 31.6 Å². The summed E-state index contributed by atoms with van der Waals surface area (Å²) in [7, 11) is 0. The maximum Gasteiger partial charge on any atom is 0.295 e. The second kappa shape index (κ2) is 5.40. The van der Waals surface area contributed by atoms with Crippen LogP contribution in [0.5, 0.6) is 0 Å². The zero-order chi connectivity index (χ0) is 16.8. The van der Waals surface area contributed by atoms with E-state index in [-0.39, 0.29) is 5.82 Å². The number of fused-ring (bicyclic) bond motifs is 2. The molecule has 1 N–H and O–H groups in total. The molecule has 0 bridgehead atoms. The summed E-state index contributed by atoms with van der Waals surface area (Å²) in [6, 6.07) is 8.59. The van der Waals surface area contributed by atoms with E-state index in [1.165, 1.54) is 12.1 Å². The first-order valence-electron chi connectivity index (χ1n) is 7.96. The Morgan fingerprint density at radius 2 is 2.16 bits per heavy atom. The lowest BCUT2D eigenvalue weighted by atomic mass is 10.0. The van der Waals surface area contributed by atoms with Crippen molar-refractivity contribution in [3.8, 4) is 0 Å². The summed E-state index contributed by atoms with van der Waals surface area (Å²) in [6.45, 7) is 2.52. The molecule has 4 heterocycles. The third kappa shape index (κ3) is 2.53. The number of halogens is 1. The van der Waals surface area contributed by atoms with Crippen LogP contribution in [0.15, 0.2) is 41.1 Å². The van der Waals surface area contributed by atoms with E-state index in [2.05, 4.69) is 30.5 Å². The Hall–Kier alpha value is -3.23. The Morgan fingerprint density at radius 3 is 3.08 bits per heavy atom. The number of rotatable bonds is 4. The third-order valence-electron chi connectivity index (χ3n) is 4.32. The summed E-state index contributed by atoms with van der Waals surface area (Å²) in [5, 5.41) is 15.4. The van der Waals surface area contributed by atoms with Crippen LogP contribution in [0.1, 0.15) is 0 Å². The van der Waals surface area contributed by atoms with Gasteiger partial charge in [0.1, 0.15) is 23.5 Å². The van der Waals surface area contributed by atoms with Crippen LogP contribution in [-0.2, 0) is 0 Å². The highest BCUT2D eigenvalue weighted by atomic mass is 19.1. The van der Waals surface area contributed by atoms with Gasteiger partial charge in [-0.2, -0.15) is 9.50 Å². The summed E-state index contributed by atoms with van der Waals surface area (Å²) in [6.07, 6.45) is 1.59. The van der Waals surface area contributed by atoms with Crippen molar-refractivity contribution in [2.75, 3.05) is 29.9 Å². The van der Waals surface area contributed by atoms with E-state index in [9.17, 15) is 4.39 Å². The number of hydrogen-bond acceptors (Lipinski definition) is 7. The summed E-state index contributed by atoms with van der Waals surface area (Å²) in [4.78, 5) is 6.49. The smallest absolute Gasteiger partial charge is 0.295 e. The minimum absolute atomic E-state index is 0.331. The molecule has 0 radical (unpaired) electrons. The molecule has 4 aromatic rings. The number of oxazole rings is 1. The molecule has 9 heteroatoms. The first-order chi connectivity index (χ1) is 12.2. The van der Waals surface area contributed by atoms with Crippen molar-refractivity contribution in [3.05, 3.63) is 42.5 Å². The van der Waals surface area contributed by atoms with Crippen LogP contribution in [0, 0.1) is 11.7 Å². The molecule has 1 aliphatic heterocycles. The molecule has 0 spiro atoms. The van der Waals surface area contributed by atoms with Crippen LogP contribution in [0.4, 0.5) is 16.2 Å². The van der Waals surface area contributed by atoms with Gasteiger partial charge in [-0.1, -0.05) is 0 Å². The lowest BCUT2D eigenvalue weighted by Gasteiger charge is -2.39. The molecular formula is C16H14FN7O. The van der Waals surface area contributed by atoms with Crippen LogP contribution in [0.25, 0.3) is 16.7 Å². The number of nitrogens with zero attached hydrogens (tertiary/aromatic N) is 6. The van der Waals surface area contributed by atoms with E-state index < -0.39 is 0 Å². The van der Waals surface area contributed by atoms with Gasteiger partial charge in [0.15, 0.2) is 11.2 Å². The molecule has 0 unspecified atom stereocenters. The van der Waals surface area contributed by atoms with Gasteiger partial charge >= 0.3 is 0 Å². The quantitative estimate of drug-likeness (QED) is 0.608. The Balaban J connectivity index is 1.20. The van der Waals surface area contributed by atoms with Gasteiger partial charge < -0.3 is 14.6 Å². The van der Waals surface area contributed by atoms with Gasteiger partial charge in [-0.05, 0) is 24.3 Å². The monoisotopic (exact) mass is 339 g/mol. The second-order valence-electron chi connectivity index (χ2n) is 6.11. The van der Waals surface area contributed by atoms with Crippen LogP contribution in [0.3, 0.4) is 0 Å². The van der Waals surface area contributed by atoms with Crippen molar-refractivity contribution in [2.24, 2.45) is 5.92 Å². The lowest BCUT2D eigenvalue weighted by molar-refractivity contribution is 0.420. The highest BCUT2D eigenvalue weighted by molar-refractivity contribution is 5.74. The molecule has 3 aromatic heterocycles. The molecule has 126 valence electrons. The maximum atomic E-state index is 13.2. The van der Waals surface area contributed by atoms with E-state index in [1.54, 1.807) is 16.9 Å². The highest BCUT2D eigenvalue weighted by Crippen LogP contribution is 2.24. The van der Waals surface area contributed by atoms with Crippen molar-refractivity contribution >= 4 is 28.6 Å². The average Bonchev–Trinajstić information content (AvgIpc) is 3.18. The van der Waals surface area contributed by atoms with E-state index in [0.29, 0.717) is 23.0 Å². The molecule has 0 amide bonds. The van der Waals surface area contributed by atoms with E-state index in [1.807, 2.05) is 12.1 Å². The number of nitrogens with one attached hydrogen (secondary N) is 1. The lowest BCUT2D eigenvalue weighted by Crippen LogP contribution is -2.50. The molecule has 8 nitrogen and oxygen atoms in total. The summed E-state index contributed by atoms with van der Waals surface area (Å²) in [5.41, 5.74) is 1.82. The van der Waals surface area contributed by atoms with Gasteiger partial charge in [0.25, 0.3) is 6.01 Å². The Bertz CT molecular complexity index is 1050. The first kappa shape index (κ1) is 14.1. The fraction of sp³-hybridized carbons (Fsp3) is 0.250. The molecule has 1 aromatic carbocycles. The van der Waals surface area contributed by atoms with Gasteiger partial charge in [0.2, 0.25) is 0 Å². The van der Waals surface area contributed by atoms with Crippen molar-refractivity contribution in [1.29, 1.82) is 0 Å². The van der Waals surface area contributed by atoms with Gasteiger partial charge in [-0.25, -0.2) is 4.39 Å². The van der Waals surface area contributed by atoms with Crippen LogP contribution >= 0.6 is 0 Å². The topological polar surface area (TPSA) is 84.4 Å². The Kier molecular flexibility index (Phi) is 3.06. The average molecular weight is 339 g/mol. The molecule has 0 saturated carbocycles. The zero-order valence-corrected chi connectivity index (χ0v) is 13.1. The third-order valence-corrected chi connectivity index (χ3v) is 4.32. The predicted octanol–water partition coefficient (Wildman–Crippen LogP) is 1.95. The number of aromatic nitrogens is 5. The van der Waals surface area contributed by atoms with Crippen molar-refractivity contribution in [3.63, 3.8) is 0 Å². The van der Waals surface area contributed by atoms with E-state index >= 15 is 0 Å². The van der Waals surface area contributed by atoms with Crippen molar-refractivity contribution < 1.29 is 8.81 Å². The van der Waals surface area contributed by atoms with Gasteiger partial charge in [0.05, 0.1) is 0 Å². The predicted molar refractivity (Wildman–Crippen MR) is 88.9 cm³/mol. The number of benzene rings is 1. The van der Waals surface area contributed by atoms with Crippen molar-refractivity contribution in [2.45, 2.75) is 0 Å². The first-order valence-corrected chi connectivity index (χ1v) is 7.96. The van der Waals surface area contributed by atoms with E-state index in [0.717, 1.165) is 31.1 Å². The molecular weight excluding hydrogens is 325 g/mol. The highest BCUT2D eigenvalue weighted by Gasteiger charge is 2.28. The van der Waals surface area contributed by atoms with Crippen LogP contribution in [-0.4, -0.2) is 44.4 Å². The Morgan fingerprint density at radius 1 is 1.24 bits per heavy atom. The minimum atomic E-state index is -0.331. The molecule has 0 atom stereocenters. The molecule has 1 fully saturated rings. The van der Waals surface area contributed by atoms with Gasteiger partial charge in [-0.15, -0.1) is 15.3 Å². The molecule has 25 heavy (non-hydrogen) atoms. The Labute approximate surface area is 141 Å². The van der Waals surface area contributed by atoms with Crippen molar-refractivity contribution in [1.82, 2.24) is 24.8 Å². The molecule has 1 aliphatic rings. The fourth-order valence-electron chi connectivity index (χ4n) is 2.98. The molecule has 5 rings (SSSR count). The second-order valence-corrected chi connectivity index (χ2v) is 6.11. The largest absolute Gasteiger partial charge is 0.423 e. The number of hydrogen-bond donors (Lipinski definition) is 1. The van der Waals surface area contributed by atoms with Crippen LogP contribution in [0.2, 0.25) is 0 Å². The zero-order valence-electron chi connectivity index (χ0n) is 13.1.